The molecule has 0 aliphatic carbocycles. The van der Waals surface area contributed by atoms with E-state index in [1.54, 1.807) is 13.4 Å². The van der Waals surface area contributed by atoms with Crippen molar-refractivity contribution in [3.8, 4) is 5.75 Å². The summed E-state index contributed by atoms with van der Waals surface area (Å²) in [5.74, 6) is 0.791. The zero-order chi connectivity index (χ0) is 12.7. The summed E-state index contributed by atoms with van der Waals surface area (Å²) in [5, 5.41) is 13.9. The molecule has 0 unspecified atom stereocenters. The van der Waals surface area contributed by atoms with Crippen molar-refractivity contribution < 1.29 is 9.66 Å². The third-order valence-electron chi connectivity index (χ3n) is 2.07. The number of methoxy groups -OCH3 is 1. The molecule has 1 N–H and O–H groups in total. The maximum Gasteiger partial charge on any atom is 0.263 e. The van der Waals surface area contributed by atoms with Crippen LogP contribution in [0.2, 0.25) is 0 Å². The van der Waals surface area contributed by atoms with E-state index in [0.717, 1.165) is 17.5 Å². The van der Waals surface area contributed by atoms with E-state index in [-0.39, 0.29) is 0 Å². The van der Waals surface area contributed by atoms with Gasteiger partial charge in [-0.25, -0.2) is 0 Å². The van der Waals surface area contributed by atoms with Gasteiger partial charge in [0.2, 0.25) is 0 Å². The van der Waals surface area contributed by atoms with Crippen LogP contribution < -0.4 is 10.1 Å². The number of hydrogen-bond acceptors (Lipinski definition) is 5. The smallest absolute Gasteiger partial charge is 0.263 e. The van der Waals surface area contributed by atoms with Crippen LogP contribution in [0.4, 0.5) is 0 Å². The summed E-state index contributed by atoms with van der Waals surface area (Å²) in [6.07, 6.45) is 2.75. The number of nitrogens with zero attached hydrogens (tertiary/aromatic N) is 1. The van der Waals surface area contributed by atoms with Crippen molar-refractivity contribution in [2.75, 3.05) is 13.4 Å². The van der Waals surface area contributed by atoms with Crippen molar-refractivity contribution in [1.82, 2.24) is 5.32 Å². The first-order valence-electron chi connectivity index (χ1n) is 4.92. The highest BCUT2D eigenvalue weighted by molar-refractivity contribution is 8.02. The van der Waals surface area contributed by atoms with Gasteiger partial charge in [0.1, 0.15) is 10.8 Å². The van der Waals surface area contributed by atoms with E-state index in [9.17, 15) is 10.1 Å². The first-order chi connectivity index (χ1) is 8.15. The number of thioether (sulfide) groups is 1. The molecule has 0 aromatic heterocycles. The van der Waals surface area contributed by atoms with Crippen LogP contribution >= 0.6 is 11.8 Å². The molecule has 5 nitrogen and oxygen atoms in total. The minimum Gasteiger partial charge on any atom is -0.497 e. The molecule has 6 heteroatoms. The van der Waals surface area contributed by atoms with Gasteiger partial charge in [0.05, 0.1) is 12.0 Å². The molecule has 0 aliphatic heterocycles. The minimum atomic E-state index is -0.465. The maximum absolute atomic E-state index is 10.3. The van der Waals surface area contributed by atoms with Crippen LogP contribution in [-0.4, -0.2) is 18.3 Å². The van der Waals surface area contributed by atoms with Gasteiger partial charge in [-0.2, -0.15) is 0 Å². The van der Waals surface area contributed by atoms with Gasteiger partial charge in [-0.05, 0) is 24.0 Å². The average Bonchev–Trinajstić information content (AvgIpc) is 2.34. The lowest BCUT2D eigenvalue weighted by Gasteiger charge is -2.07. The molecule has 0 fully saturated rings. The largest absolute Gasteiger partial charge is 0.497 e. The van der Waals surface area contributed by atoms with E-state index in [0.29, 0.717) is 11.6 Å². The topological polar surface area (TPSA) is 64.4 Å². The third kappa shape index (κ3) is 4.78. The molecule has 0 aliphatic rings. The highest BCUT2D eigenvalue weighted by Gasteiger charge is 2.01. The van der Waals surface area contributed by atoms with Gasteiger partial charge in [-0.15, -0.1) is 11.8 Å². The van der Waals surface area contributed by atoms with Crippen molar-refractivity contribution >= 4 is 11.8 Å². The number of benzene rings is 1. The predicted molar refractivity (Wildman–Crippen MR) is 68.4 cm³/mol. The molecule has 0 heterocycles. The first-order valence-corrected chi connectivity index (χ1v) is 6.14. The highest BCUT2D eigenvalue weighted by Crippen LogP contribution is 2.13. The van der Waals surface area contributed by atoms with E-state index < -0.39 is 4.92 Å². The Morgan fingerprint density at radius 2 is 2.18 bits per heavy atom. The number of rotatable bonds is 6. The predicted octanol–water partition coefficient (Wildman–Crippen LogP) is 2.22. The number of nitro groups is 1. The van der Waals surface area contributed by atoms with Gasteiger partial charge < -0.3 is 10.1 Å². The van der Waals surface area contributed by atoms with Crippen LogP contribution in [-0.2, 0) is 6.54 Å². The van der Waals surface area contributed by atoms with Crippen molar-refractivity contribution in [3.05, 3.63) is 51.2 Å². The molecule has 0 bridgehead atoms. The van der Waals surface area contributed by atoms with Crippen LogP contribution in [0.25, 0.3) is 0 Å². The summed E-state index contributed by atoms with van der Waals surface area (Å²) in [5.41, 5.74) is 1.04. The van der Waals surface area contributed by atoms with Crippen molar-refractivity contribution in [2.45, 2.75) is 6.54 Å². The maximum atomic E-state index is 10.3. The molecule has 1 aromatic rings. The van der Waals surface area contributed by atoms with Crippen molar-refractivity contribution in [1.29, 1.82) is 0 Å². The van der Waals surface area contributed by atoms with Crippen LogP contribution in [0, 0.1) is 10.1 Å². The number of hydrogen-bond donors (Lipinski definition) is 1. The van der Waals surface area contributed by atoms with Crippen molar-refractivity contribution in [2.24, 2.45) is 0 Å². The zero-order valence-electron chi connectivity index (χ0n) is 9.67. The van der Waals surface area contributed by atoms with E-state index in [1.807, 2.05) is 24.3 Å². The lowest BCUT2D eigenvalue weighted by atomic mass is 10.2. The standard InChI is InChI=1S/C11H14N2O3S/c1-16-10-5-3-9(4-6-10)7-12-11(17-2)8-13(14)15/h3-6,8,12H,7H2,1-2H3/b11-8+. The molecule has 17 heavy (non-hydrogen) atoms. The molecule has 0 atom stereocenters. The number of nitrogens with one attached hydrogen (secondary N) is 1. The van der Waals surface area contributed by atoms with Crippen molar-refractivity contribution in [3.63, 3.8) is 0 Å². The molecular weight excluding hydrogens is 240 g/mol. The zero-order valence-corrected chi connectivity index (χ0v) is 10.5. The van der Waals surface area contributed by atoms with Gasteiger partial charge >= 0.3 is 0 Å². The Morgan fingerprint density at radius 3 is 2.65 bits per heavy atom. The Balaban J connectivity index is 2.56. The highest BCUT2D eigenvalue weighted by atomic mass is 32.2. The van der Waals surface area contributed by atoms with E-state index in [2.05, 4.69) is 5.32 Å². The summed E-state index contributed by atoms with van der Waals surface area (Å²) in [6, 6.07) is 7.53. The summed E-state index contributed by atoms with van der Waals surface area (Å²) in [4.78, 5) is 9.86. The summed E-state index contributed by atoms with van der Waals surface area (Å²) >= 11 is 1.31. The lowest BCUT2D eigenvalue weighted by Crippen LogP contribution is -2.11. The summed E-state index contributed by atoms with van der Waals surface area (Å²) in [7, 11) is 1.61. The van der Waals surface area contributed by atoms with Gasteiger partial charge in [0, 0.05) is 6.54 Å². The Kier molecular flexibility index (Phi) is 5.35. The monoisotopic (exact) mass is 254 g/mol. The summed E-state index contributed by atoms with van der Waals surface area (Å²) in [6.45, 7) is 0.546. The second-order valence-corrected chi connectivity index (χ2v) is 4.03. The molecule has 0 saturated heterocycles. The Morgan fingerprint density at radius 1 is 1.53 bits per heavy atom. The van der Waals surface area contributed by atoms with E-state index >= 15 is 0 Å². The summed E-state index contributed by atoms with van der Waals surface area (Å²) < 4.78 is 5.04. The second-order valence-electron chi connectivity index (χ2n) is 3.18. The first kappa shape index (κ1) is 13.4. The van der Waals surface area contributed by atoms with Crippen LogP contribution in [0.15, 0.2) is 35.5 Å². The molecule has 1 rings (SSSR count). The third-order valence-corrected chi connectivity index (χ3v) is 2.76. The molecular formula is C11H14N2O3S. The van der Waals surface area contributed by atoms with Gasteiger partial charge in [0.15, 0.2) is 0 Å². The SMILES string of the molecule is COc1ccc(CN/C(=C\[N+](=O)[O-])SC)cc1. The van der Waals surface area contributed by atoms with Gasteiger partial charge in [-0.1, -0.05) is 12.1 Å². The second kappa shape index (κ2) is 6.80. The van der Waals surface area contributed by atoms with Gasteiger partial charge in [-0.3, -0.25) is 10.1 Å². The van der Waals surface area contributed by atoms with E-state index in [4.69, 9.17) is 4.74 Å². The van der Waals surface area contributed by atoms with Crippen LogP contribution in [0.1, 0.15) is 5.56 Å². The normalized spacial score (nSPS) is 11.1. The number of ether oxygens (including phenoxy) is 1. The van der Waals surface area contributed by atoms with Crippen LogP contribution in [0.3, 0.4) is 0 Å². The molecule has 0 saturated carbocycles. The fraction of sp³-hybridized carbons (Fsp3) is 0.273. The van der Waals surface area contributed by atoms with Crippen LogP contribution in [0.5, 0.6) is 5.75 Å². The molecule has 92 valence electrons. The Labute approximate surface area is 104 Å². The quantitative estimate of drug-likeness (QED) is 0.623. The minimum absolute atomic E-state index is 0.465. The Bertz CT molecular complexity index is 404. The van der Waals surface area contributed by atoms with E-state index in [1.165, 1.54) is 11.8 Å². The molecule has 1 aromatic carbocycles. The van der Waals surface area contributed by atoms with Gasteiger partial charge in [0.25, 0.3) is 6.20 Å². The molecule has 0 radical (unpaired) electrons. The Hall–Kier alpha value is -1.69. The average molecular weight is 254 g/mol. The lowest BCUT2D eigenvalue weighted by molar-refractivity contribution is -0.403. The molecule has 0 amide bonds. The fourth-order valence-corrected chi connectivity index (χ4v) is 1.61. The molecule has 0 spiro atoms. The fourth-order valence-electron chi connectivity index (χ4n) is 1.20.